The number of aryl methyl sites for hydroxylation is 1. The van der Waals surface area contributed by atoms with Gasteiger partial charge in [0, 0.05) is 24.9 Å². The number of hydrogen-bond acceptors (Lipinski definition) is 4. The number of aliphatic imine (C=N–C) groups is 2. The van der Waals surface area contributed by atoms with E-state index in [4.69, 9.17) is 9.41 Å². The predicted molar refractivity (Wildman–Crippen MR) is 111 cm³/mol. The van der Waals surface area contributed by atoms with Crippen LogP contribution >= 0.6 is 0 Å². The molecular formula is C23H23N3O. The molecule has 0 saturated carbocycles. The van der Waals surface area contributed by atoms with E-state index in [-0.39, 0.29) is 5.92 Å². The molecule has 0 spiro atoms. The van der Waals surface area contributed by atoms with Crippen LogP contribution in [0.1, 0.15) is 25.8 Å². The molecule has 1 aromatic carbocycles. The first-order valence-electron chi connectivity index (χ1n) is 9.44. The van der Waals surface area contributed by atoms with Gasteiger partial charge in [-0.1, -0.05) is 30.4 Å². The van der Waals surface area contributed by atoms with Gasteiger partial charge < -0.3 is 4.42 Å². The number of allylic oxidation sites excluding steroid dienone is 7. The second kappa shape index (κ2) is 7.70. The average Bonchev–Trinajstić information content (AvgIpc) is 3.34. The summed E-state index contributed by atoms with van der Waals surface area (Å²) in [6.07, 6.45) is 16.0. The molecule has 1 aliphatic carbocycles. The summed E-state index contributed by atoms with van der Waals surface area (Å²) in [5.41, 5.74) is 7.85. The minimum atomic E-state index is 0.233. The first-order valence-corrected chi connectivity index (χ1v) is 9.44. The Balaban J connectivity index is 1.47. The van der Waals surface area contributed by atoms with E-state index in [1.807, 2.05) is 25.4 Å². The third kappa shape index (κ3) is 3.47. The minimum Gasteiger partial charge on any atom is -0.443 e. The van der Waals surface area contributed by atoms with Gasteiger partial charge in [-0.05, 0) is 61.1 Å². The second-order valence-corrected chi connectivity index (χ2v) is 6.68. The summed E-state index contributed by atoms with van der Waals surface area (Å²) in [4.78, 5) is 13.3. The summed E-state index contributed by atoms with van der Waals surface area (Å²) in [6.45, 7) is 4.89. The maximum absolute atomic E-state index is 5.42. The van der Waals surface area contributed by atoms with Gasteiger partial charge in [0.15, 0.2) is 12.0 Å². The molecule has 0 saturated heterocycles. The lowest BCUT2D eigenvalue weighted by Gasteiger charge is -2.20. The topological polar surface area (TPSA) is 50.8 Å². The highest BCUT2D eigenvalue weighted by molar-refractivity contribution is 6.09. The number of fused-ring (bicyclic) bond motifs is 2. The fourth-order valence-corrected chi connectivity index (χ4v) is 3.60. The maximum Gasteiger partial charge on any atom is 0.181 e. The van der Waals surface area contributed by atoms with E-state index in [1.54, 1.807) is 0 Å². The van der Waals surface area contributed by atoms with Crippen molar-refractivity contribution >= 4 is 23.0 Å². The van der Waals surface area contributed by atoms with Gasteiger partial charge in [-0.2, -0.15) is 0 Å². The van der Waals surface area contributed by atoms with Gasteiger partial charge in [0.25, 0.3) is 0 Å². The number of benzene rings is 1. The molecule has 1 aromatic heterocycles. The molecule has 0 N–H and O–H groups in total. The largest absolute Gasteiger partial charge is 0.443 e. The highest BCUT2D eigenvalue weighted by Crippen LogP contribution is 2.34. The number of nitrogens with zero attached hydrogens (tertiary/aromatic N) is 3. The summed E-state index contributed by atoms with van der Waals surface area (Å²) < 4.78 is 5.42. The summed E-state index contributed by atoms with van der Waals surface area (Å²) in [6, 6.07) is 6.23. The smallest absolute Gasteiger partial charge is 0.181 e. The van der Waals surface area contributed by atoms with E-state index in [1.165, 1.54) is 23.1 Å². The SMILES string of the molecule is C/C=C(\C=NCC)C1=CN=C2C(CCc3ccc4ncoc4c3)=CC=CC12. The summed E-state index contributed by atoms with van der Waals surface area (Å²) in [5.74, 6) is 0.233. The Morgan fingerprint density at radius 1 is 1.30 bits per heavy atom. The van der Waals surface area contributed by atoms with Crippen LogP contribution in [-0.2, 0) is 6.42 Å². The molecule has 1 aliphatic heterocycles. The fraction of sp³-hybridized carbons (Fsp3) is 0.261. The Hall–Kier alpha value is -3.01. The van der Waals surface area contributed by atoms with Crippen molar-refractivity contribution in [2.24, 2.45) is 15.9 Å². The maximum atomic E-state index is 5.42. The highest BCUT2D eigenvalue weighted by Gasteiger charge is 2.28. The molecule has 136 valence electrons. The molecule has 2 aromatic rings. The molecule has 1 atom stereocenters. The third-order valence-corrected chi connectivity index (χ3v) is 5.04. The molecule has 0 amide bonds. The van der Waals surface area contributed by atoms with Gasteiger partial charge in [-0.25, -0.2) is 4.98 Å². The van der Waals surface area contributed by atoms with Gasteiger partial charge in [-0.3, -0.25) is 9.98 Å². The van der Waals surface area contributed by atoms with E-state index < -0.39 is 0 Å². The normalized spacial score (nSPS) is 19.4. The summed E-state index contributed by atoms with van der Waals surface area (Å²) >= 11 is 0. The van der Waals surface area contributed by atoms with E-state index in [9.17, 15) is 0 Å². The Kier molecular flexibility index (Phi) is 4.97. The summed E-state index contributed by atoms with van der Waals surface area (Å²) in [7, 11) is 0. The second-order valence-electron chi connectivity index (χ2n) is 6.68. The van der Waals surface area contributed by atoms with Crippen LogP contribution in [0.15, 0.2) is 86.2 Å². The summed E-state index contributed by atoms with van der Waals surface area (Å²) in [5, 5.41) is 0. The highest BCUT2D eigenvalue weighted by atomic mass is 16.3. The molecule has 1 unspecified atom stereocenters. The lowest BCUT2D eigenvalue weighted by Crippen LogP contribution is -2.18. The Morgan fingerprint density at radius 3 is 3.07 bits per heavy atom. The Morgan fingerprint density at radius 2 is 2.22 bits per heavy atom. The van der Waals surface area contributed by atoms with Gasteiger partial charge in [0.1, 0.15) is 5.52 Å². The van der Waals surface area contributed by atoms with Crippen molar-refractivity contribution in [3.63, 3.8) is 0 Å². The number of hydrogen-bond donors (Lipinski definition) is 0. The number of rotatable bonds is 6. The van der Waals surface area contributed by atoms with Gasteiger partial charge in [-0.15, -0.1) is 0 Å². The van der Waals surface area contributed by atoms with E-state index in [2.05, 4.69) is 53.3 Å². The van der Waals surface area contributed by atoms with Gasteiger partial charge >= 0.3 is 0 Å². The molecule has 2 aliphatic rings. The molecule has 0 radical (unpaired) electrons. The van der Waals surface area contributed by atoms with Crippen molar-refractivity contribution in [3.8, 4) is 0 Å². The zero-order chi connectivity index (χ0) is 18.6. The van der Waals surface area contributed by atoms with Crippen LogP contribution in [0.25, 0.3) is 11.1 Å². The van der Waals surface area contributed by atoms with Crippen LogP contribution in [0, 0.1) is 5.92 Å². The molecular weight excluding hydrogens is 334 g/mol. The molecule has 4 heteroatoms. The van der Waals surface area contributed by atoms with Crippen molar-refractivity contribution < 1.29 is 4.42 Å². The lowest BCUT2D eigenvalue weighted by molar-refractivity contribution is 0.601. The molecule has 4 nitrogen and oxygen atoms in total. The van der Waals surface area contributed by atoms with E-state index in [0.29, 0.717) is 0 Å². The van der Waals surface area contributed by atoms with Crippen molar-refractivity contribution in [2.45, 2.75) is 26.7 Å². The number of oxazole rings is 1. The number of aromatic nitrogens is 1. The zero-order valence-electron chi connectivity index (χ0n) is 15.7. The first kappa shape index (κ1) is 17.4. The quantitative estimate of drug-likeness (QED) is 0.663. The molecule has 2 heterocycles. The van der Waals surface area contributed by atoms with Crippen LogP contribution < -0.4 is 0 Å². The third-order valence-electron chi connectivity index (χ3n) is 5.04. The van der Waals surface area contributed by atoms with Crippen LogP contribution in [-0.4, -0.2) is 23.5 Å². The van der Waals surface area contributed by atoms with E-state index in [0.717, 1.165) is 41.8 Å². The first-order chi connectivity index (χ1) is 13.3. The molecule has 27 heavy (non-hydrogen) atoms. The van der Waals surface area contributed by atoms with Gasteiger partial charge in [0.2, 0.25) is 0 Å². The standard InChI is InChI=1S/C23H23N3O/c1-3-17(13-24-4-2)20-14-25-23-18(6-5-7-19(20)23)10-8-16-9-11-21-22(12-16)27-15-26-21/h3,5-7,9,11-15,19H,4,8,10H2,1-2H3/b17-3+,24-13?. The van der Waals surface area contributed by atoms with Gasteiger partial charge in [0.05, 0.1) is 5.71 Å². The van der Waals surface area contributed by atoms with Crippen LogP contribution in [0.4, 0.5) is 0 Å². The zero-order valence-corrected chi connectivity index (χ0v) is 15.7. The van der Waals surface area contributed by atoms with Crippen molar-refractivity contribution in [1.29, 1.82) is 0 Å². The van der Waals surface area contributed by atoms with Crippen LogP contribution in [0.2, 0.25) is 0 Å². The lowest BCUT2D eigenvalue weighted by atomic mass is 9.83. The van der Waals surface area contributed by atoms with Crippen molar-refractivity contribution in [2.75, 3.05) is 6.54 Å². The van der Waals surface area contributed by atoms with Crippen molar-refractivity contribution in [1.82, 2.24) is 4.98 Å². The van der Waals surface area contributed by atoms with Crippen LogP contribution in [0.3, 0.4) is 0 Å². The van der Waals surface area contributed by atoms with E-state index >= 15 is 0 Å². The predicted octanol–water partition coefficient (Wildman–Crippen LogP) is 5.25. The van der Waals surface area contributed by atoms with Crippen LogP contribution in [0.5, 0.6) is 0 Å². The molecule has 0 bridgehead atoms. The Bertz CT molecular complexity index is 1030. The fourth-order valence-electron chi connectivity index (χ4n) is 3.60. The minimum absolute atomic E-state index is 0.233. The Labute approximate surface area is 159 Å². The molecule has 0 fully saturated rings. The van der Waals surface area contributed by atoms with Crippen molar-refractivity contribution in [3.05, 3.63) is 77.4 Å². The average molecular weight is 357 g/mol. The molecule has 4 rings (SSSR count). The monoisotopic (exact) mass is 357 g/mol.